The number of sulfone groups is 1. The largest absolute Gasteiger partial charge is 0.348 e. The van der Waals surface area contributed by atoms with Crippen molar-refractivity contribution in [1.29, 1.82) is 0 Å². The lowest BCUT2D eigenvalue weighted by atomic mass is 10.1. The summed E-state index contributed by atoms with van der Waals surface area (Å²) in [6.07, 6.45) is 0. The number of carbonyl (C=O) groups excluding carboxylic acids is 1. The van der Waals surface area contributed by atoms with Gasteiger partial charge in [0.1, 0.15) is 0 Å². The van der Waals surface area contributed by atoms with Crippen LogP contribution in [-0.2, 0) is 16.4 Å². The smallest absolute Gasteiger partial charge is 0.251 e. The maximum atomic E-state index is 12.8. The van der Waals surface area contributed by atoms with Gasteiger partial charge >= 0.3 is 0 Å². The van der Waals surface area contributed by atoms with Gasteiger partial charge in [-0.3, -0.25) is 4.79 Å². The fraction of sp³-hybridized carbons (Fsp3) is 0.240. The Balaban J connectivity index is 1.58. The Morgan fingerprint density at radius 2 is 1.61 bits per heavy atom. The highest BCUT2D eigenvalue weighted by Crippen LogP contribution is 2.32. The Morgan fingerprint density at radius 1 is 0.935 bits per heavy atom. The van der Waals surface area contributed by atoms with Crippen molar-refractivity contribution in [1.82, 2.24) is 9.88 Å². The van der Waals surface area contributed by atoms with E-state index in [1.165, 1.54) is 0 Å². The van der Waals surface area contributed by atoms with Crippen LogP contribution >= 0.6 is 0 Å². The van der Waals surface area contributed by atoms with Crippen molar-refractivity contribution in [3.63, 3.8) is 0 Å². The monoisotopic (exact) mass is 434 g/mol. The van der Waals surface area contributed by atoms with Crippen LogP contribution in [-0.4, -0.2) is 24.6 Å². The number of rotatable bonds is 6. The number of fused-ring (bicyclic) bond motifs is 3. The third-order valence-electron chi connectivity index (χ3n) is 5.60. The van der Waals surface area contributed by atoms with Crippen LogP contribution in [0.2, 0.25) is 0 Å². The van der Waals surface area contributed by atoms with Gasteiger partial charge in [-0.2, -0.15) is 0 Å². The molecule has 0 bridgehead atoms. The standard InChI is InChI=1S/C25H26N2O3S/c1-4-31(29,30)20-12-9-18(10-13-20)16-26-25(28)19-11-14-24-22(15-19)21-7-5-6-8-23(21)27(24)17(2)3/h5-15,17H,4,16H2,1-3H3,(H,26,28). The molecule has 3 aromatic carbocycles. The van der Waals surface area contributed by atoms with Crippen molar-refractivity contribution < 1.29 is 13.2 Å². The molecule has 0 aliphatic heterocycles. The van der Waals surface area contributed by atoms with E-state index < -0.39 is 9.84 Å². The van der Waals surface area contributed by atoms with E-state index in [1.54, 1.807) is 31.2 Å². The van der Waals surface area contributed by atoms with Gasteiger partial charge in [-0.05, 0) is 55.8 Å². The van der Waals surface area contributed by atoms with Gasteiger partial charge in [0.25, 0.3) is 5.91 Å². The molecular weight excluding hydrogens is 408 g/mol. The SMILES string of the molecule is CCS(=O)(=O)c1ccc(CNC(=O)c2ccc3c(c2)c2ccccc2n3C(C)C)cc1. The fourth-order valence-electron chi connectivity index (χ4n) is 3.97. The Morgan fingerprint density at radius 3 is 2.29 bits per heavy atom. The van der Waals surface area contributed by atoms with Crippen LogP contribution in [0.5, 0.6) is 0 Å². The zero-order valence-corrected chi connectivity index (χ0v) is 18.7. The van der Waals surface area contributed by atoms with Crippen molar-refractivity contribution >= 4 is 37.6 Å². The minimum absolute atomic E-state index is 0.0682. The quantitative estimate of drug-likeness (QED) is 0.459. The Bertz CT molecular complexity index is 1370. The maximum Gasteiger partial charge on any atom is 0.251 e. The van der Waals surface area contributed by atoms with Crippen LogP contribution in [0.15, 0.2) is 71.6 Å². The van der Waals surface area contributed by atoms with Crippen LogP contribution in [0.1, 0.15) is 42.7 Å². The molecule has 6 heteroatoms. The average Bonchev–Trinajstić information content (AvgIpc) is 3.11. The summed E-state index contributed by atoms with van der Waals surface area (Å²) in [5, 5.41) is 5.13. The number of benzene rings is 3. The van der Waals surface area contributed by atoms with Crippen molar-refractivity contribution in [3.05, 3.63) is 77.9 Å². The molecular formula is C25H26N2O3S. The number of para-hydroxylation sites is 1. The van der Waals surface area contributed by atoms with Crippen LogP contribution in [0.25, 0.3) is 21.8 Å². The minimum Gasteiger partial charge on any atom is -0.348 e. The number of nitrogens with one attached hydrogen (secondary N) is 1. The zero-order valence-electron chi connectivity index (χ0n) is 17.9. The first-order chi connectivity index (χ1) is 14.8. The van der Waals surface area contributed by atoms with Gasteiger partial charge in [0, 0.05) is 40.0 Å². The van der Waals surface area contributed by atoms with E-state index in [0.717, 1.165) is 27.4 Å². The average molecular weight is 435 g/mol. The third kappa shape index (κ3) is 3.95. The van der Waals surface area contributed by atoms with Gasteiger partial charge in [0.2, 0.25) is 0 Å². The summed E-state index contributed by atoms with van der Waals surface area (Å²) in [6, 6.07) is 21.0. The number of hydrogen-bond donors (Lipinski definition) is 1. The van der Waals surface area contributed by atoms with E-state index in [1.807, 2.05) is 30.3 Å². The van der Waals surface area contributed by atoms with E-state index >= 15 is 0 Å². The molecule has 0 saturated carbocycles. The molecule has 1 amide bonds. The summed E-state index contributed by atoms with van der Waals surface area (Å²) >= 11 is 0. The highest BCUT2D eigenvalue weighted by atomic mass is 32.2. The first-order valence-corrected chi connectivity index (χ1v) is 12.1. The number of hydrogen-bond acceptors (Lipinski definition) is 3. The number of aromatic nitrogens is 1. The topological polar surface area (TPSA) is 68.2 Å². The van der Waals surface area contributed by atoms with Crippen LogP contribution in [0, 0.1) is 0 Å². The molecule has 1 aromatic heterocycles. The molecule has 1 N–H and O–H groups in total. The summed E-state index contributed by atoms with van der Waals surface area (Å²) in [5.41, 5.74) is 3.72. The predicted octanol–water partition coefficient (Wildman–Crippen LogP) is 5.10. The molecule has 0 aliphatic rings. The Hall–Kier alpha value is -3.12. The molecule has 0 spiro atoms. The van der Waals surface area contributed by atoms with Crippen molar-refractivity contribution in [3.8, 4) is 0 Å². The summed E-state index contributed by atoms with van der Waals surface area (Å²) in [7, 11) is -3.22. The lowest BCUT2D eigenvalue weighted by molar-refractivity contribution is 0.0951. The second-order valence-corrected chi connectivity index (χ2v) is 10.2. The summed E-state index contributed by atoms with van der Waals surface area (Å²) in [4.78, 5) is 13.1. The molecule has 0 atom stereocenters. The van der Waals surface area contributed by atoms with E-state index in [-0.39, 0.29) is 11.7 Å². The van der Waals surface area contributed by atoms with E-state index in [9.17, 15) is 13.2 Å². The number of nitrogens with zero attached hydrogens (tertiary/aromatic N) is 1. The highest BCUT2D eigenvalue weighted by Gasteiger charge is 2.15. The molecule has 0 radical (unpaired) electrons. The van der Waals surface area contributed by atoms with Gasteiger partial charge in [0.15, 0.2) is 9.84 Å². The van der Waals surface area contributed by atoms with Crippen LogP contribution in [0.3, 0.4) is 0 Å². The van der Waals surface area contributed by atoms with E-state index in [0.29, 0.717) is 23.0 Å². The first-order valence-electron chi connectivity index (χ1n) is 10.4. The molecule has 5 nitrogen and oxygen atoms in total. The van der Waals surface area contributed by atoms with Crippen molar-refractivity contribution in [2.24, 2.45) is 0 Å². The number of amides is 1. The Labute approximate surface area is 182 Å². The molecule has 4 aromatic rings. The zero-order chi connectivity index (χ0) is 22.2. The van der Waals surface area contributed by atoms with Crippen molar-refractivity contribution in [2.75, 3.05) is 5.75 Å². The maximum absolute atomic E-state index is 12.8. The molecule has 4 rings (SSSR count). The lowest BCUT2D eigenvalue weighted by Crippen LogP contribution is -2.22. The van der Waals surface area contributed by atoms with E-state index in [4.69, 9.17) is 0 Å². The minimum atomic E-state index is -3.22. The molecule has 0 unspecified atom stereocenters. The first kappa shape index (κ1) is 21.1. The predicted molar refractivity (Wildman–Crippen MR) is 125 cm³/mol. The van der Waals surface area contributed by atoms with Gasteiger partial charge in [-0.15, -0.1) is 0 Å². The second-order valence-electron chi connectivity index (χ2n) is 7.94. The number of carbonyl (C=O) groups is 1. The van der Waals surface area contributed by atoms with Crippen LogP contribution < -0.4 is 5.32 Å². The third-order valence-corrected chi connectivity index (χ3v) is 7.35. The summed E-state index contributed by atoms with van der Waals surface area (Å²) in [5.74, 6) is -0.0905. The van der Waals surface area contributed by atoms with Crippen LogP contribution in [0.4, 0.5) is 0 Å². The van der Waals surface area contributed by atoms with Gasteiger partial charge < -0.3 is 9.88 Å². The van der Waals surface area contributed by atoms with Gasteiger partial charge in [-0.25, -0.2) is 8.42 Å². The second kappa shape index (κ2) is 8.19. The highest BCUT2D eigenvalue weighted by molar-refractivity contribution is 7.91. The normalized spacial score (nSPS) is 12.0. The Kier molecular flexibility index (Phi) is 5.58. The molecule has 0 aliphatic carbocycles. The van der Waals surface area contributed by atoms with E-state index in [2.05, 4.69) is 35.9 Å². The lowest BCUT2D eigenvalue weighted by Gasteiger charge is -2.11. The van der Waals surface area contributed by atoms with Crippen molar-refractivity contribution in [2.45, 2.75) is 38.3 Å². The summed E-state index contributed by atoms with van der Waals surface area (Å²) < 4.78 is 26.2. The molecule has 0 saturated heterocycles. The summed E-state index contributed by atoms with van der Waals surface area (Å²) in [6.45, 7) is 6.27. The molecule has 31 heavy (non-hydrogen) atoms. The molecule has 0 fully saturated rings. The fourth-order valence-corrected chi connectivity index (χ4v) is 4.85. The molecule has 160 valence electrons. The van der Waals surface area contributed by atoms with Gasteiger partial charge in [0.05, 0.1) is 10.6 Å². The molecule has 1 heterocycles. The van der Waals surface area contributed by atoms with Gasteiger partial charge in [-0.1, -0.05) is 37.3 Å².